The summed E-state index contributed by atoms with van der Waals surface area (Å²) in [6, 6.07) is 16.9. The van der Waals surface area contributed by atoms with Crippen LogP contribution in [0.25, 0.3) is 0 Å². The molecule has 1 nitrogen and oxygen atoms in total. The highest BCUT2D eigenvalue weighted by molar-refractivity contribution is 14.1. The largest absolute Gasteiger partial charge is 0.385 e. The van der Waals surface area contributed by atoms with Crippen molar-refractivity contribution >= 4 is 22.6 Å². The lowest BCUT2D eigenvalue weighted by Crippen LogP contribution is -2.28. The molecule has 104 valence electrons. The Balaban J connectivity index is 1.96. The third-order valence-corrected chi connectivity index (χ3v) is 4.93. The maximum absolute atomic E-state index is 11.2. The van der Waals surface area contributed by atoms with Crippen molar-refractivity contribution in [3.63, 3.8) is 0 Å². The number of benzene rings is 2. The minimum absolute atomic E-state index is 0.708. The molecule has 0 heterocycles. The molecule has 1 N–H and O–H groups in total. The van der Waals surface area contributed by atoms with Gasteiger partial charge in [-0.2, -0.15) is 0 Å². The second-order valence-corrected chi connectivity index (χ2v) is 6.94. The first-order valence-corrected chi connectivity index (χ1v) is 8.30. The van der Waals surface area contributed by atoms with E-state index in [2.05, 4.69) is 65.1 Å². The van der Waals surface area contributed by atoms with Crippen LogP contribution in [0.2, 0.25) is 0 Å². The Hall–Kier alpha value is -0.870. The average molecular weight is 378 g/mol. The van der Waals surface area contributed by atoms with Gasteiger partial charge in [0.05, 0.1) is 5.60 Å². The quantitative estimate of drug-likeness (QED) is 0.605. The summed E-state index contributed by atoms with van der Waals surface area (Å²) in [4.78, 5) is 0. The predicted molar refractivity (Wildman–Crippen MR) is 90.8 cm³/mol. The van der Waals surface area contributed by atoms with Crippen molar-refractivity contribution in [3.05, 3.63) is 68.8 Å². The summed E-state index contributed by atoms with van der Waals surface area (Å²) in [7, 11) is 0. The van der Waals surface area contributed by atoms with E-state index in [1.54, 1.807) is 0 Å². The first kappa shape index (κ1) is 14.1. The van der Waals surface area contributed by atoms with Gasteiger partial charge in [-0.15, -0.1) is 0 Å². The van der Waals surface area contributed by atoms with E-state index < -0.39 is 5.60 Å². The van der Waals surface area contributed by atoms with Crippen molar-refractivity contribution in [1.29, 1.82) is 0 Å². The molecule has 0 fully saturated rings. The van der Waals surface area contributed by atoms with E-state index in [-0.39, 0.29) is 0 Å². The topological polar surface area (TPSA) is 20.2 Å². The average Bonchev–Trinajstić information content (AvgIpc) is 2.62. The van der Waals surface area contributed by atoms with E-state index in [9.17, 15) is 5.11 Å². The van der Waals surface area contributed by atoms with Crippen molar-refractivity contribution in [1.82, 2.24) is 0 Å². The summed E-state index contributed by atoms with van der Waals surface area (Å²) in [6.45, 7) is 0. The Morgan fingerprint density at radius 2 is 1.75 bits per heavy atom. The van der Waals surface area contributed by atoms with Crippen LogP contribution in [0.15, 0.2) is 48.5 Å². The summed E-state index contributed by atoms with van der Waals surface area (Å²) in [6.07, 6.45) is 4.92. The molecule has 1 unspecified atom stereocenters. The summed E-state index contributed by atoms with van der Waals surface area (Å²) in [5, 5.41) is 11.2. The normalized spacial score (nSPS) is 22.1. The monoisotopic (exact) mass is 378 g/mol. The van der Waals surface area contributed by atoms with Crippen LogP contribution >= 0.6 is 22.6 Å². The highest BCUT2D eigenvalue weighted by Crippen LogP contribution is 2.36. The lowest BCUT2D eigenvalue weighted by Gasteiger charge is -2.29. The lowest BCUT2D eigenvalue weighted by atomic mass is 9.83. The van der Waals surface area contributed by atoms with Crippen molar-refractivity contribution in [3.8, 4) is 0 Å². The molecule has 1 aliphatic rings. The van der Waals surface area contributed by atoms with Crippen LogP contribution in [0.4, 0.5) is 0 Å². The molecule has 2 aromatic carbocycles. The van der Waals surface area contributed by atoms with Crippen LogP contribution in [0, 0.1) is 3.57 Å². The van der Waals surface area contributed by atoms with Gasteiger partial charge in [0.1, 0.15) is 0 Å². The van der Waals surface area contributed by atoms with Gasteiger partial charge in [0.15, 0.2) is 0 Å². The number of rotatable bonds is 2. The number of aryl methyl sites for hydroxylation is 1. The molecule has 1 atom stereocenters. The van der Waals surface area contributed by atoms with Gasteiger partial charge in [-0.25, -0.2) is 0 Å². The minimum Gasteiger partial charge on any atom is -0.385 e. The van der Waals surface area contributed by atoms with Crippen molar-refractivity contribution in [2.24, 2.45) is 0 Å². The Bertz CT molecular complexity index is 591. The minimum atomic E-state index is -0.708. The van der Waals surface area contributed by atoms with E-state index in [1.807, 2.05) is 6.07 Å². The zero-order valence-corrected chi connectivity index (χ0v) is 13.6. The van der Waals surface area contributed by atoms with Gasteiger partial charge in [-0.05, 0) is 77.1 Å². The van der Waals surface area contributed by atoms with Gasteiger partial charge in [-0.3, -0.25) is 0 Å². The highest BCUT2D eigenvalue weighted by Gasteiger charge is 2.32. The van der Waals surface area contributed by atoms with Crippen LogP contribution in [-0.4, -0.2) is 5.11 Å². The van der Waals surface area contributed by atoms with Crippen LogP contribution in [0.5, 0.6) is 0 Å². The summed E-state index contributed by atoms with van der Waals surface area (Å²) >= 11 is 2.31. The number of hydrogen-bond acceptors (Lipinski definition) is 1. The Morgan fingerprint density at radius 1 is 1.00 bits per heavy atom. The van der Waals surface area contributed by atoms with E-state index in [4.69, 9.17) is 0 Å². The smallest absolute Gasteiger partial charge is 0.0939 e. The van der Waals surface area contributed by atoms with E-state index in [0.717, 1.165) is 24.8 Å². The van der Waals surface area contributed by atoms with Crippen LogP contribution in [0.3, 0.4) is 0 Å². The van der Waals surface area contributed by atoms with Crippen LogP contribution in [-0.2, 0) is 18.4 Å². The van der Waals surface area contributed by atoms with E-state index in [0.29, 0.717) is 6.42 Å². The van der Waals surface area contributed by atoms with E-state index in [1.165, 1.54) is 21.1 Å². The molecule has 0 aromatic heterocycles. The Morgan fingerprint density at radius 3 is 2.55 bits per heavy atom. The number of hydrogen-bond donors (Lipinski definition) is 1. The predicted octanol–water partition coefficient (Wildman–Crippen LogP) is 4.45. The van der Waals surface area contributed by atoms with Crippen molar-refractivity contribution < 1.29 is 5.11 Å². The van der Waals surface area contributed by atoms with E-state index >= 15 is 0 Å². The molecule has 2 heteroatoms. The Kier molecular flexibility index (Phi) is 4.13. The van der Waals surface area contributed by atoms with Gasteiger partial charge < -0.3 is 5.11 Å². The van der Waals surface area contributed by atoms with Crippen LogP contribution in [0.1, 0.15) is 36.0 Å². The highest BCUT2D eigenvalue weighted by atomic mass is 127. The SMILES string of the molecule is OC1(Cc2ccc(I)cc2)CCCCc2ccccc21. The Labute approximate surface area is 134 Å². The summed E-state index contributed by atoms with van der Waals surface area (Å²) in [5.41, 5.74) is 2.96. The number of halogens is 1. The zero-order valence-electron chi connectivity index (χ0n) is 11.5. The molecule has 0 amide bonds. The zero-order chi connectivity index (χ0) is 14.0. The molecule has 0 aliphatic heterocycles. The first-order chi connectivity index (χ1) is 9.67. The van der Waals surface area contributed by atoms with Crippen LogP contribution < -0.4 is 0 Å². The molecule has 0 saturated carbocycles. The molecule has 3 rings (SSSR count). The number of aliphatic hydroxyl groups is 1. The second-order valence-electron chi connectivity index (χ2n) is 5.70. The fourth-order valence-electron chi connectivity index (χ4n) is 3.18. The van der Waals surface area contributed by atoms with Gasteiger partial charge in [0.2, 0.25) is 0 Å². The molecule has 2 aromatic rings. The molecule has 0 spiro atoms. The van der Waals surface area contributed by atoms with Gasteiger partial charge in [-0.1, -0.05) is 36.4 Å². The summed E-state index contributed by atoms with van der Waals surface area (Å²) < 4.78 is 1.24. The first-order valence-electron chi connectivity index (χ1n) is 7.23. The standard InChI is InChI=1S/C18H19IO/c19-16-10-8-14(9-11-16)13-18(20)12-4-3-6-15-5-1-2-7-17(15)18/h1-2,5,7-11,20H,3-4,6,12-13H2. The molecular formula is C18H19IO. The maximum Gasteiger partial charge on any atom is 0.0939 e. The van der Waals surface area contributed by atoms with Gasteiger partial charge >= 0.3 is 0 Å². The molecular weight excluding hydrogens is 359 g/mol. The third kappa shape index (κ3) is 2.91. The maximum atomic E-state index is 11.2. The second kappa shape index (κ2) is 5.86. The molecule has 0 radical (unpaired) electrons. The fraction of sp³-hybridized carbons (Fsp3) is 0.333. The van der Waals surface area contributed by atoms with Crippen molar-refractivity contribution in [2.45, 2.75) is 37.7 Å². The number of fused-ring (bicyclic) bond motifs is 1. The summed E-state index contributed by atoms with van der Waals surface area (Å²) in [5.74, 6) is 0. The van der Waals surface area contributed by atoms with Gasteiger partial charge in [0.25, 0.3) is 0 Å². The molecule has 0 saturated heterocycles. The third-order valence-electron chi connectivity index (χ3n) is 4.22. The van der Waals surface area contributed by atoms with Gasteiger partial charge in [0, 0.05) is 9.99 Å². The fourth-order valence-corrected chi connectivity index (χ4v) is 3.54. The lowest BCUT2D eigenvalue weighted by molar-refractivity contribution is 0.0272. The molecule has 20 heavy (non-hydrogen) atoms. The molecule has 1 aliphatic carbocycles. The molecule has 0 bridgehead atoms. The van der Waals surface area contributed by atoms with Crippen molar-refractivity contribution in [2.75, 3.05) is 0 Å².